The van der Waals surface area contributed by atoms with Crippen molar-refractivity contribution in [1.29, 1.82) is 0 Å². The monoisotopic (exact) mass is 268 g/mol. The highest BCUT2D eigenvalue weighted by atomic mass is 16.5. The van der Waals surface area contributed by atoms with Crippen molar-refractivity contribution in [2.75, 3.05) is 0 Å². The van der Waals surface area contributed by atoms with E-state index in [0.717, 1.165) is 18.6 Å². The van der Waals surface area contributed by atoms with Crippen LogP contribution in [0.25, 0.3) is 0 Å². The maximum atomic E-state index is 11.2. The van der Waals surface area contributed by atoms with E-state index in [1.165, 1.54) is 37.3 Å². The summed E-state index contributed by atoms with van der Waals surface area (Å²) in [5, 5.41) is 0. The first-order valence-electron chi connectivity index (χ1n) is 7.39. The van der Waals surface area contributed by atoms with Crippen molar-refractivity contribution in [1.82, 2.24) is 0 Å². The Morgan fingerprint density at radius 2 is 1.90 bits per heavy atom. The van der Waals surface area contributed by atoms with Gasteiger partial charge in [0.2, 0.25) is 0 Å². The summed E-state index contributed by atoms with van der Waals surface area (Å²) in [6.45, 7) is 1.48. The summed E-state index contributed by atoms with van der Waals surface area (Å²) in [5.41, 5.74) is 4.34. The van der Waals surface area contributed by atoms with Crippen LogP contribution in [0, 0.1) is 0 Å². The number of benzene rings is 1. The molecule has 3 rings (SSSR count). The lowest BCUT2D eigenvalue weighted by atomic mass is 9.76. The second-order valence-corrected chi connectivity index (χ2v) is 5.63. The van der Waals surface area contributed by atoms with Gasteiger partial charge in [-0.1, -0.05) is 41.5 Å². The molecule has 0 spiro atoms. The van der Waals surface area contributed by atoms with Gasteiger partial charge < -0.3 is 4.74 Å². The number of hydrogen-bond acceptors (Lipinski definition) is 2. The minimum atomic E-state index is -0.220. The van der Waals surface area contributed by atoms with Crippen molar-refractivity contribution in [2.24, 2.45) is 0 Å². The Balaban J connectivity index is 1.97. The average molecular weight is 268 g/mol. The number of rotatable bonds is 2. The number of esters is 1. The lowest BCUT2D eigenvalue weighted by molar-refractivity contribution is -0.137. The fourth-order valence-corrected chi connectivity index (χ4v) is 3.34. The van der Waals surface area contributed by atoms with E-state index >= 15 is 0 Å². The molecule has 1 atom stereocenters. The lowest BCUT2D eigenvalue weighted by Gasteiger charge is -2.31. The van der Waals surface area contributed by atoms with Crippen molar-refractivity contribution >= 4 is 5.97 Å². The van der Waals surface area contributed by atoms with E-state index in [0.29, 0.717) is 0 Å². The minimum absolute atomic E-state index is 0.220. The molecule has 0 amide bonds. The normalized spacial score (nSPS) is 22.1. The summed E-state index contributed by atoms with van der Waals surface area (Å²) >= 11 is 0. The van der Waals surface area contributed by atoms with E-state index in [4.69, 9.17) is 4.74 Å². The van der Waals surface area contributed by atoms with Crippen LogP contribution in [-0.2, 0) is 9.53 Å². The molecule has 0 radical (unpaired) electrons. The third-order valence-electron chi connectivity index (χ3n) is 4.18. The molecule has 0 N–H and O–H groups in total. The van der Waals surface area contributed by atoms with E-state index in [9.17, 15) is 4.79 Å². The Morgan fingerprint density at radius 3 is 2.65 bits per heavy atom. The van der Waals surface area contributed by atoms with Gasteiger partial charge in [0, 0.05) is 19.3 Å². The predicted octanol–water partition coefficient (Wildman–Crippen LogP) is 4.49. The standard InChI is InChI=1S/C18H20O2/c1-13(19)20-16-11-15-9-5-6-10-17(15)18(12-16)14-7-3-2-4-8-14/h2-4,7-8,12,18H,5-6,9-11H2,1H3. The van der Waals surface area contributed by atoms with E-state index in [-0.39, 0.29) is 11.9 Å². The van der Waals surface area contributed by atoms with Crippen LogP contribution in [0.4, 0.5) is 0 Å². The van der Waals surface area contributed by atoms with Gasteiger partial charge in [-0.05, 0) is 37.3 Å². The average Bonchev–Trinajstić information content (AvgIpc) is 2.47. The first kappa shape index (κ1) is 13.2. The van der Waals surface area contributed by atoms with Crippen LogP contribution in [0.2, 0.25) is 0 Å². The molecule has 0 aliphatic heterocycles. The van der Waals surface area contributed by atoms with Gasteiger partial charge in [-0.2, -0.15) is 0 Å². The topological polar surface area (TPSA) is 26.3 Å². The maximum Gasteiger partial charge on any atom is 0.307 e. The molecule has 0 heterocycles. The van der Waals surface area contributed by atoms with Crippen LogP contribution in [0.3, 0.4) is 0 Å². The Bertz CT molecular complexity index is 566. The number of carbonyl (C=O) groups excluding carboxylic acids is 1. The Morgan fingerprint density at radius 1 is 1.15 bits per heavy atom. The predicted molar refractivity (Wildman–Crippen MR) is 79.1 cm³/mol. The Labute approximate surface area is 120 Å². The van der Waals surface area contributed by atoms with Crippen molar-refractivity contribution < 1.29 is 9.53 Å². The molecule has 1 aromatic rings. The highest BCUT2D eigenvalue weighted by Crippen LogP contribution is 2.43. The van der Waals surface area contributed by atoms with Gasteiger partial charge in [0.1, 0.15) is 5.76 Å². The van der Waals surface area contributed by atoms with Crippen molar-refractivity contribution in [3.05, 3.63) is 58.9 Å². The van der Waals surface area contributed by atoms with Gasteiger partial charge in [0.05, 0.1) is 0 Å². The zero-order chi connectivity index (χ0) is 13.9. The molecule has 104 valence electrons. The molecule has 2 aliphatic rings. The summed E-state index contributed by atoms with van der Waals surface area (Å²) in [5.74, 6) is 0.893. The molecule has 0 fully saturated rings. The van der Waals surface area contributed by atoms with Crippen molar-refractivity contribution in [3.8, 4) is 0 Å². The number of ether oxygens (including phenoxy) is 1. The molecule has 0 saturated carbocycles. The minimum Gasteiger partial charge on any atom is -0.431 e. The quantitative estimate of drug-likeness (QED) is 0.583. The molecule has 2 nitrogen and oxygen atoms in total. The van der Waals surface area contributed by atoms with Gasteiger partial charge in [0.15, 0.2) is 0 Å². The van der Waals surface area contributed by atoms with Crippen LogP contribution in [0.15, 0.2) is 53.3 Å². The van der Waals surface area contributed by atoms with E-state index in [1.54, 1.807) is 5.57 Å². The summed E-state index contributed by atoms with van der Waals surface area (Å²) in [7, 11) is 0. The molecule has 20 heavy (non-hydrogen) atoms. The van der Waals surface area contributed by atoms with Crippen molar-refractivity contribution in [3.63, 3.8) is 0 Å². The first-order chi connectivity index (χ1) is 9.74. The summed E-state index contributed by atoms with van der Waals surface area (Å²) in [6, 6.07) is 10.5. The maximum absolute atomic E-state index is 11.2. The van der Waals surface area contributed by atoms with Crippen LogP contribution in [0.1, 0.15) is 50.5 Å². The molecule has 1 unspecified atom stereocenters. The summed E-state index contributed by atoms with van der Waals surface area (Å²) < 4.78 is 5.38. The molecular formula is C18H20O2. The molecule has 0 bridgehead atoms. The molecule has 0 aromatic heterocycles. The van der Waals surface area contributed by atoms with Crippen molar-refractivity contribution in [2.45, 2.75) is 44.9 Å². The van der Waals surface area contributed by atoms with Gasteiger partial charge in [-0.15, -0.1) is 0 Å². The van der Waals surface area contributed by atoms with Crippen LogP contribution < -0.4 is 0 Å². The number of allylic oxidation sites excluding steroid dienone is 3. The molecule has 0 saturated heterocycles. The van der Waals surface area contributed by atoms with E-state index < -0.39 is 0 Å². The SMILES string of the molecule is CC(=O)OC1=CC(c2ccccc2)C2=C(CCCC2)C1. The van der Waals surface area contributed by atoms with Crippen LogP contribution in [-0.4, -0.2) is 5.97 Å². The summed E-state index contributed by atoms with van der Waals surface area (Å²) in [6.07, 6.45) is 7.82. The summed E-state index contributed by atoms with van der Waals surface area (Å²) in [4.78, 5) is 11.2. The van der Waals surface area contributed by atoms with E-state index in [1.807, 2.05) is 6.07 Å². The number of carbonyl (C=O) groups is 1. The molecule has 2 aliphatic carbocycles. The number of hydrogen-bond donors (Lipinski definition) is 0. The fourth-order valence-electron chi connectivity index (χ4n) is 3.34. The van der Waals surface area contributed by atoms with Gasteiger partial charge in [-0.25, -0.2) is 0 Å². The van der Waals surface area contributed by atoms with Gasteiger partial charge in [-0.3, -0.25) is 4.79 Å². The largest absolute Gasteiger partial charge is 0.431 e. The third kappa shape index (κ3) is 2.69. The van der Waals surface area contributed by atoms with Gasteiger partial charge in [0.25, 0.3) is 0 Å². The molecule has 2 heteroatoms. The third-order valence-corrected chi connectivity index (χ3v) is 4.18. The van der Waals surface area contributed by atoms with Crippen LogP contribution >= 0.6 is 0 Å². The highest BCUT2D eigenvalue weighted by molar-refractivity contribution is 5.67. The smallest absolute Gasteiger partial charge is 0.307 e. The Kier molecular flexibility index (Phi) is 3.72. The molecular weight excluding hydrogens is 248 g/mol. The van der Waals surface area contributed by atoms with E-state index in [2.05, 4.69) is 30.3 Å². The second kappa shape index (κ2) is 5.66. The first-order valence-corrected chi connectivity index (χ1v) is 7.39. The molecule has 1 aromatic carbocycles. The zero-order valence-corrected chi connectivity index (χ0v) is 11.9. The van der Waals surface area contributed by atoms with Crippen LogP contribution in [0.5, 0.6) is 0 Å². The lowest BCUT2D eigenvalue weighted by Crippen LogP contribution is -2.15. The van der Waals surface area contributed by atoms with Gasteiger partial charge >= 0.3 is 5.97 Å². The fraction of sp³-hybridized carbons (Fsp3) is 0.389. The Hall–Kier alpha value is -1.83. The second-order valence-electron chi connectivity index (χ2n) is 5.63. The zero-order valence-electron chi connectivity index (χ0n) is 11.9. The highest BCUT2D eigenvalue weighted by Gasteiger charge is 2.27.